The number of amides is 3. The van der Waals surface area contributed by atoms with Crippen molar-refractivity contribution in [2.75, 3.05) is 58.6 Å². The summed E-state index contributed by atoms with van der Waals surface area (Å²) in [4.78, 5) is 50.0. The zero-order valence-corrected chi connectivity index (χ0v) is 26.7. The summed E-state index contributed by atoms with van der Waals surface area (Å²) >= 11 is 0. The van der Waals surface area contributed by atoms with Gasteiger partial charge in [-0.05, 0) is 67.0 Å². The summed E-state index contributed by atoms with van der Waals surface area (Å²) in [6.45, 7) is 4.25. The number of nitrogens with one attached hydrogen (secondary N) is 2. The molecule has 2 atom stereocenters. The van der Waals surface area contributed by atoms with Gasteiger partial charge in [0.2, 0.25) is 11.8 Å². The lowest BCUT2D eigenvalue weighted by molar-refractivity contribution is -0.121. The van der Waals surface area contributed by atoms with E-state index < -0.39 is 12.0 Å². The molecular weight excluding hydrogens is 594 g/mol. The summed E-state index contributed by atoms with van der Waals surface area (Å²) in [5.74, 6) is -0.866. The number of benzene rings is 2. The molecule has 0 heterocycles. The fourth-order valence-corrected chi connectivity index (χ4v) is 5.36. The van der Waals surface area contributed by atoms with Crippen LogP contribution in [-0.4, -0.2) is 88.2 Å². The highest BCUT2D eigenvalue weighted by Crippen LogP contribution is 2.47. The van der Waals surface area contributed by atoms with Gasteiger partial charge >= 0.3 is 6.09 Å². The molecule has 3 amide bonds. The molecule has 0 radical (unpaired) electrons. The van der Waals surface area contributed by atoms with Crippen LogP contribution < -0.4 is 16.4 Å². The van der Waals surface area contributed by atoms with Crippen LogP contribution >= 0.6 is 0 Å². The second-order valence-electron chi connectivity index (χ2n) is 11.2. The minimum absolute atomic E-state index is 0.0431. The number of methoxy groups -OCH3 is 1. The van der Waals surface area contributed by atoms with Crippen molar-refractivity contribution >= 4 is 29.4 Å². The van der Waals surface area contributed by atoms with Gasteiger partial charge < -0.3 is 40.4 Å². The average molecular weight is 643 g/mol. The molecule has 0 aromatic heterocycles. The molecule has 0 saturated carbocycles. The number of anilines is 1. The van der Waals surface area contributed by atoms with Crippen LogP contribution in [0.5, 0.6) is 0 Å². The van der Waals surface area contributed by atoms with Crippen LogP contribution in [0.1, 0.15) is 79.3 Å². The average Bonchev–Trinajstić information content (AvgIpc) is 3.37. The maximum atomic E-state index is 13.4. The van der Waals surface area contributed by atoms with Crippen LogP contribution in [0.15, 0.2) is 36.4 Å². The monoisotopic (exact) mass is 642 g/mol. The third kappa shape index (κ3) is 11.5. The van der Waals surface area contributed by atoms with Crippen molar-refractivity contribution in [2.24, 2.45) is 5.73 Å². The molecule has 2 aromatic carbocycles. The third-order valence-electron chi connectivity index (χ3n) is 7.63. The third-order valence-corrected chi connectivity index (χ3v) is 7.63. The molecule has 0 saturated heterocycles. The quantitative estimate of drug-likeness (QED) is 0.110. The summed E-state index contributed by atoms with van der Waals surface area (Å²) in [6.07, 6.45) is 1.86. The first-order valence-electron chi connectivity index (χ1n) is 16.3. The molecule has 12 heteroatoms. The molecule has 0 aliphatic heterocycles. The van der Waals surface area contributed by atoms with E-state index in [1.165, 1.54) is 0 Å². The van der Waals surface area contributed by atoms with Gasteiger partial charge in [-0.1, -0.05) is 24.3 Å². The van der Waals surface area contributed by atoms with Crippen LogP contribution in [0, 0.1) is 0 Å². The van der Waals surface area contributed by atoms with Gasteiger partial charge in [0.25, 0.3) is 0 Å². The van der Waals surface area contributed by atoms with Gasteiger partial charge in [0.05, 0.1) is 12.7 Å². The number of hydrogen-bond donors (Lipinski definition) is 4. The number of carbonyl (C=O) groups is 4. The summed E-state index contributed by atoms with van der Waals surface area (Å²) in [5, 5.41) is 14.7. The first-order valence-corrected chi connectivity index (χ1v) is 15.8. The topological polar surface area (TPSA) is 176 Å². The lowest BCUT2D eigenvalue weighted by Crippen LogP contribution is -2.27. The fourth-order valence-electron chi connectivity index (χ4n) is 5.36. The number of fused-ring (bicyclic) bond motifs is 3. The number of aliphatic hydroxyl groups is 1. The van der Waals surface area contributed by atoms with E-state index >= 15 is 0 Å². The Morgan fingerprint density at radius 2 is 1.80 bits per heavy atom. The van der Waals surface area contributed by atoms with Crippen molar-refractivity contribution < 1.29 is 44.6 Å². The van der Waals surface area contributed by atoms with E-state index in [0.29, 0.717) is 63.5 Å². The molecule has 5 N–H and O–H groups in total. The molecule has 12 nitrogen and oxygen atoms in total. The summed E-state index contributed by atoms with van der Waals surface area (Å²) < 4.78 is 28.4. The van der Waals surface area contributed by atoms with E-state index in [0.717, 1.165) is 28.7 Å². The van der Waals surface area contributed by atoms with Crippen molar-refractivity contribution in [3.63, 3.8) is 0 Å². The number of ether oxygens (including phenoxy) is 4. The van der Waals surface area contributed by atoms with Gasteiger partial charge in [-0.25, -0.2) is 4.79 Å². The van der Waals surface area contributed by atoms with Gasteiger partial charge in [0.1, 0.15) is 6.61 Å². The first-order chi connectivity index (χ1) is 22.8. The van der Waals surface area contributed by atoms with Crippen molar-refractivity contribution in [3.8, 4) is 11.1 Å². The zero-order chi connectivity index (χ0) is 34.0. The number of Topliss-reactive ketones (excluding diaryl/α,β-unsaturated/α-hetero) is 1. The van der Waals surface area contributed by atoms with Crippen molar-refractivity contribution in [1.82, 2.24) is 5.32 Å². The summed E-state index contributed by atoms with van der Waals surface area (Å²) in [6, 6.07) is 10.9. The molecule has 46 heavy (non-hydrogen) atoms. The van der Waals surface area contributed by atoms with E-state index in [9.17, 15) is 19.2 Å². The molecule has 1 aliphatic rings. The lowest BCUT2D eigenvalue weighted by atomic mass is 9.93. The van der Waals surface area contributed by atoms with Gasteiger partial charge in [-0.15, -0.1) is 0 Å². The molecule has 2 unspecified atom stereocenters. The Morgan fingerprint density at radius 3 is 2.59 bits per heavy atom. The Hall–Kier alpha value is -3.84. The standard InChI is InChI=1S/C34H47N3O9/c1-23(14-16-38)45-19-5-9-30(39)27-8-3-7-25-29(22-46-34(35)42)28-21-24(12-13-26(28)33(25)27)37-32(41)11-4-10-31(40)36-15-20-44-18-6-17-43-2/h3,7-8,12-13,21,23,29,38H,4-6,9-11,14-20,22H2,1-2H3,(H2,35,42)(H,36,40)(H,37,41)/i/hD. The molecule has 252 valence electrons. The smallest absolute Gasteiger partial charge is 0.404 e. The highest BCUT2D eigenvalue weighted by atomic mass is 16.5. The van der Waals surface area contributed by atoms with Crippen LogP contribution in [0.25, 0.3) is 11.1 Å². The van der Waals surface area contributed by atoms with Crippen LogP contribution in [0.3, 0.4) is 0 Å². The Balaban J connectivity index is 1.62. The van der Waals surface area contributed by atoms with E-state index in [1.807, 2.05) is 25.1 Å². The zero-order valence-electron chi connectivity index (χ0n) is 27.7. The number of nitrogens with two attached hydrogens (primary N) is 1. The Kier molecular flexibility index (Phi) is 14.9. The van der Waals surface area contributed by atoms with Crippen LogP contribution in [0.4, 0.5) is 10.5 Å². The maximum absolute atomic E-state index is 13.4. The van der Waals surface area contributed by atoms with E-state index in [1.54, 1.807) is 31.0 Å². The van der Waals surface area contributed by atoms with Gasteiger partial charge in [-0.2, -0.15) is 0 Å². The van der Waals surface area contributed by atoms with Crippen LogP contribution in [-0.2, 0) is 28.5 Å². The molecule has 1 aliphatic carbocycles. The first kappa shape index (κ1) is 35.0. The second-order valence-corrected chi connectivity index (χ2v) is 11.2. The van der Waals surface area contributed by atoms with Gasteiger partial charge in [0.15, 0.2) is 7.20 Å². The number of aliphatic hydroxyl groups excluding tert-OH is 1. The molecule has 0 fully saturated rings. The van der Waals surface area contributed by atoms with E-state index in [4.69, 9.17) is 25.5 Å². The lowest BCUT2D eigenvalue weighted by Gasteiger charge is -2.14. The number of primary amides is 1. The Bertz CT molecular complexity index is 1340. The predicted molar refractivity (Wildman–Crippen MR) is 173 cm³/mol. The van der Waals surface area contributed by atoms with E-state index in [-0.39, 0.29) is 56.2 Å². The number of carbonyl (C=O) groups excluding carboxylic acids is 4. The second kappa shape index (κ2) is 19.6. The predicted octanol–water partition coefficient (Wildman–Crippen LogP) is 3.92. The minimum atomic E-state index is -0.897. The molecule has 2 aromatic rings. The summed E-state index contributed by atoms with van der Waals surface area (Å²) in [7, 11) is 1.63. The van der Waals surface area contributed by atoms with Gasteiger partial charge in [0, 0.05) is 76.5 Å². The number of hydrogen-bond acceptors (Lipinski definition) is 9. The largest absolute Gasteiger partial charge is 0.449 e. The highest BCUT2D eigenvalue weighted by molar-refractivity contribution is 6.05. The SMILES string of the molecule is [2H]NC(=O)OCC1c2cc(NC(=O)CCCC(=O)NCCOCCCOC)ccc2-c2c(C(=O)CCCOC(C)CCO)cccc21. The Labute approximate surface area is 271 Å². The van der Waals surface area contributed by atoms with Crippen LogP contribution in [0.2, 0.25) is 1.41 Å². The fraction of sp³-hybridized carbons (Fsp3) is 0.529. The maximum Gasteiger partial charge on any atom is 0.404 e. The van der Waals surface area contributed by atoms with Crippen molar-refractivity contribution in [2.45, 2.75) is 63.9 Å². The molecule has 0 bridgehead atoms. The normalized spacial score (nSPS) is 14.1. The molecule has 0 spiro atoms. The van der Waals surface area contributed by atoms with E-state index in [2.05, 4.69) is 10.6 Å². The Morgan fingerprint density at radius 1 is 0.978 bits per heavy atom. The van der Waals surface area contributed by atoms with Gasteiger partial charge in [-0.3, -0.25) is 14.4 Å². The number of rotatable bonds is 22. The van der Waals surface area contributed by atoms with Crippen molar-refractivity contribution in [1.29, 1.82) is 0 Å². The molecule has 3 rings (SSSR count). The van der Waals surface area contributed by atoms with Crippen molar-refractivity contribution in [3.05, 3.63) is 53.1 Å². The summed E-state index contributed by atoms with van der Waals surface area (Å²) in [5.41, 5.74) is 5.94. The highest BCUT2D eigenvalue weighted by Gasteiger charge is 2.33. The minimum Gasteiger partial charge on any atom is -0.449 e. The number of ketones is 1. The molecular formula is C34H47N3O9.